The van der Waals surface area contributed by atoms with Crippen molar-refractivity contribution in [1.29, 1.82) is 0 Å². The zero-order chi connectivity index (χ0) is 31.9. The minimum atomic E-state index is -3.31. The molecule has 2 fully saturated rings. The molecule has 17 heteroatoms. The van der Waals surface area contributed by atoms with Gasteiger partial charge in [-0.15, -0.1) is 5.10 Å². The molecule has 2 N–H and O–H groups in total. The van der Waals surface area contributed by atoms with E-state index in [4.69, 9.17) is 30.3 Å². The smallest absolute Gasteiger partial charge is 0.330 e. The first kappa shape index (κ1) is 32.4. The minimum Gasteiger partial charge on any atom is -0.352 e. The van der Waals surface area contributed by atoms with Gasteiger partial charge in [0.15, 0.2) is 5.44 Å². The van der Waals surface area contributed by atoms with Gasteiger partial charge < -0.3 is 18.5 Å². The van der Waals surface area contributed by atoms with Crippen LogP contribution in [0.15, 0.2) is 37.8 Å². The van der Waals surface area contributed by atoms with Gasteiger partial charge in [-0.05, 0) is 58.3 Å². The van der Waals surface area contributed by atoms with Crippen LogP contribution in [0.2, 0.25) is 0 Å². The SMILES string of the molecule is CC[C@H]1O[C@@H](n2cc(C)c(=O)[nH]c2=O)CC1OP(=S)(OC[C@H]1O[C@@H](n2cc(C)c(=O)[nH]c2=O)CC1C)c1cn(C(C)C)nn1. The first-order valence-corrected chi connectivity index (χ1v) is 17.2. The van der Waals surface area contributed by atoms with Gasteiger partial charge in [0.2, 0.25) is 6.49 Å². The Morgan fingerprint density at radius 3 is 2.09 bits per heavy atom. The van der Waals surface area contributed by atoms with Crippen LogP contribution in [0.4, 0.5) is 0 Å². The highest BCUT2D eigenvalue weighted by Gasteiger charge is 2.43. The van der Waals surface area contributed by atoms with Gasteiger partial charge in [0, 0.05) is 36.0 Å². The maximum absolute atomic E-state index is 12.6. The topological polar surface area (TPSA) is 177 Å². The van der Waals surface area contributed by atoms with E-state index in [1.54, 1.807) is 24.7 Å². The lowest BCUT2D eigenvalue weighted by Crippen LogP contribution is -2.33. The van der Waals surface area contributed by atoms with E-state index in [0.29, 0.717) is 29.4 Å². The van der Waals surface area contributed by atoms with Crippen molar-refractivity contribution in [3.05, 3.63) is 71.4 Å². The second-order valence-electron chi connectivity index (χ2n) is 11.7. The van der Waals surface area contributed by atoms with E-state index in [9.17, 15) is 19.2 Å². The van der Waals surface area contributed by atoms with E-state index < -0.39 is 59.8 Å². The zero-order valence-electron chi connectivity index (χ0n) is 25.5. The molecule has 240 valence electrons. The second kappa shape index (κ2) is 12.8. The van der Waals surface area contributed by atoms with Gasteiger partial charge in [0.25, 0.3) is 11.1 Å². The van der Waals surface area contributed by atoms with Crippen molar-refractivity contribution in [3.63, 3.8) is 0 Å². The molecule has 3 aromatic rings. The Bertz CT molecular complexity index is 1800. The van der Waals surface area contributed by atoms with Crippen molar-refractivity contribution in [3.8, 4) is 0 Å². The number of ether oxygens (including phenoxy) is 2. The number of H-pyrrole nitrogens is 2. The fraction of sp³-hybridized carbons (Fsp3) is 0.630. The van der Waals surface area contributed by atoms with Crippen LogP contribution < -0.4 is 27.9 Å². The number of aromatic amines is 2. The molecule has 2 aliphatic rings. The van der Waals surface area contributed by atoms with Crippen LogP contribution in [0.25, 0.3) is 0 Å². The summed E-state index contributed by atoms with van der Waals surface area (Å²) in [5.74, 6) is -0.00753. The molecule has 2 aliphatic heterocycles. The molecule has 0 aromatic carbocycles. The van der Waals surface area contributed by atoms with Gasteiger partial charge in [-0.1, -0.05) is 19.1 Å². The predicted molar refractivity (Wildman–Crippen MR) is 164 cm³/mol. The molecule has 0 bridgehead atoms. The number of aromatic nitrogens is 7. The number of nitrogens with zero attached hydrogens (tertiary/aromatic N) is 5. The first-order chi connectivity index (χ1) is 20.8. The van der Waals surface area contributed by atoms with Crippen molar-refractivity contribution in [2.24, 2.45) is 5.92 Å². The molecular weight excluding hydrogens is 613 g/mol. The largest absolute Gasteiger partial charge is 0.352 e. The molecule has 7 atom stereocenters. The van der Waals surface area contributed by atoms with Crippen molar-refractivity contribution < 1.29 is 18.5 Å². The van der Waals surface area contributed by atoms with Crippen LogP contribution in [0.5, 0.6) is 0 Å². The summed E-state index contributed by atoms with van der Waals surface area (Å²) in [5, 5.41) is 8.54. The maximum Gasteiger partial charge on any atom is 0.330 e. The summed E-state index contributed by atoms with van der Waals surface area (Å²) in [6.07, 6.45) is 3.43. The molecular formula is C27H38N7O8PS. The lowest BCUT2D eigenvalue weighted by Gasteiger charge is -2.27. The van der Waals surface area contributed by atoms with E-state index in [0.717, 1.165) is 0 Å². The fourth-order valence-corrected chi connectivity index (χ4v) is 7.73. The number of hydrogen-bond acceptors (Lipinski definition) is 11. The van der Waals surface area contributed by atoms with Crippen LogP contribution in [-0.4, -0.2) is 59.0 Å². The van der Waals surface area contributed by atoms with Crippen molar-refractivity contribution in [2.75, 3.05) is 6.61 Å². The maximum atomic E-state index is 12.6. The molecule has 0 radical (unpaired) electrons. The van der Waals surface area contributed by atoms with E-state index in [-0.39, 0.29) is 25.0 Å². The third-order valence-electron chi connectivity index (χ3n) is 8.03. The third-order valence-corrected chi connectivity index (χ3v) is 11.0. The molecule has 0 amide bonds. The monoisotopic (exact) mass is 651 g/mol. The van der Waals surface area contributed by atoms with Crippen LogP contribution in [0.3, 0.4) is 0 Å². The molecule has 3 unspecified atom stereocenters. The molecule has 2 saturated heterocycles. The van der Waals surface area contributed by atoms with Gasteiger partial charge in [-0.25, -0.2) is 14.3 Å². The highest BCUT2D eigenvalue weighted by atomic mass is 32.5. The van der Waals surface area contributed by atoms with Crippen LogP contribution in [0.1, 0.15) is 76.6 Å². The standard InChI is InChI=1S/C27H38N7O8PS/c1-7-18-19(9-23(40-18)33-11-17(6)25(36)29-27(33)38)42-43(44,21-12-34(14(2)3)31-30-21)39-13-20-15(4)8-22(41-20)32-10-16(5)24(35)28-26(32)37/h10-12,14-15,18-20,22-23H,7-9,13H2,1-6H3,(H,28,35,37)(H,29,36,38)/t15?,18-,19?,20-,22-,23-,43?/m1/s1. The predicted octanol–water partition coefficient (Wildman–Crippen LogP) is 1.53. The Hall–Kier alpha value is -3.01. The lowest BCUT2D eigenvalue weighted by atomic mass is 10.0. The molecule has 0 saturated carbocycles. The molecule has 5 rings (SSSR count). The fourth-order valence-electron chi connectivity index (χ4n) is 5.33. The highest BCUT2D eigenvalue weighted by molar-refractivity contribution is 8.13. The Morgan fingerprint density at radius 1 is 0.977 bits per heavy atom. The number of hydrogen-bond donors (Lipinski definition) is 2. The van der Waals surface area contributed by atoms with Crippen molar-refractivity contribution >= 4 is 23.7 Å². The van der Waals surface area contributed by atoms with E-state index >= 15 is 0 Å². The Balaban J connectivity index is 1.38. The number of rotatable bonds is 10. The second-order valence-corrected chi connectivity index (χ2v) is 15.0. The number of nitrogens with one attached hydrogen (secondary N) is 2. The van der Waals surface area contributed by atoms with Crippen LogP contribution in [-0.2, 0) is 30.3 Å². The summed E-state index contributed by atoms with van der Waals surface area (Å²) in [6, 6.07) is 0.0238. The quantitative estimate of drug-likeness (QED) is 0.304. The normalized spacial score (nSPS) is 26.8. The summed E-state index contributed by atoms with van der Waals surface area (Å²) in [6.45, 7) is 7.85. The average molecular weight is 652 g/mol. The molecule has 3 aromatic heterocycles. The van der Waals surface area contributed by atoms with E-state index in [2.05, 4.69) is 20.3 Å². The Labute approximate surface area is 257 Å². The Kier molecular flexibility index (Phi) is 9.40. The summed E-state index contributed by atoms with van der Waals surface area (Å²) in [4.78, 5) is 53.5. The molecule has 0 spiro atoms. The third kappa shape index (κ3) is 6.51. The molecule has 15 nitrogen and oxygen atoms in total. The Morgan fingerprint density at radius 2 is 1.55 bits per heavy atom. The summed E-state index contributed by atoms with van der Waals surface area (Å²) in [7, 11) is 0. The minimum absolute atomic E-state index is 0.00753. The van der Waals surface area contributed by atoms with Crippen molar-refractivity contribution in [2.45, 2.75) is 97.6 Å². The molecule has 0 aliphatic carbocycles. The van der Waals surface area contributed by atoms with E-state index in [1.807, 2.05) is 27.7 Å². The molecule has 44 heavy (non-hydrogen) atoms. The van der Waals surface area contributed by atoms with Gasteiger partial charge in [-0.3, -0.25) is 28.7 Å². The summed E-state index contributed by atoms with van der Waals surface area (Å²) >= 11 is 6.10. The van der Waals surface area contributed by atoms with Crippen LogP contribution in [0, 0.1) is 19.8 Å². The van der Waals surface area contributed by atoms with Gasteiger partial charge in [0.1, 0.15) is 12.5 Å². The zero-order valence-corrected chi connectivity index (χ0v) is 27.2. The lowest BCUT2D eigenvalue weighted by molar-refractivity contribution is -0.0310. The van der Waals surface area contributed by atoms with E-state index in [1.165, 1.54) is 21.5 Å². The number of aryl methyl sites for hydroxylation is 2. The first-order valence-electron chi connectivity index (χ1n) is 14.6. The van der Waals surface area contributed by atoms with Crippen LogP contribution >= 0.6 is 6.49 Å². The van der Waals surface area contributed by atoms with Crippen molar-refractivity contribution in [1.82, 2.24) is 34.1 Å². The van der Waals surface area contributed by atoms with Gasteiger partial charge >= 0.3 is 11.4 Å². The summed E-state index contributed by atoms with van der Waals surface area (Å²) < 4.78 is 29.9. The average Bonchev–Trinajstić information content (AvgIpc) is 3.70. The highest BCUT2D eigenvalue weighted by Crippen LogP contribution is 2.52. The molecule has 5 heterocycles. The summed E-state index contributed by atoms with van der Waals surface area (Å²) in [5.41, 5.74) is -0.842. The van der Waals surface area contributed by atoms with Gasteiger partial charge in [0.05, 0.1) is 31.1 Å². The van der Waals surface area contributed by atoms with Gasteiger partial charge in [-0.2, -0.15) is 0 Å².